The molecule has 0 atom stereocenters. The van der Waals surface area contributed by atoms with Gasteiger partial charge >= 0.3 is 0 Å². The molecule has 9 aromatic rings. The molecule has 0 fully saturated rings. The van der Waals surface area contributed by atoms with Gasteiger partial charge in [-0.05, 0) is 115 Å². The maximum absolute atomic E-state index is 12.3. The third-order valence-corrected chi connectivity index (χ3v) is 13.0. The predicted molar refractivity (Wildman–Crippen MR) is 282 cm³/mol. The van der Waals surface area contributed by atoms with Crippen molar-refractivity contribution in [3.8, 4) is 78.6 Å². The number of nitrogens with zero attached hydrogens (tertiary/aromatic N) is 3. The first-order valence-electron chi connectivity index (χ1n) is 25.0. The van der Waals surface area contributed by atoms with Gasteiger partial charge in [-0.15, -0.1) is 23.8 Å². The molecule has 1 N–H and O–H groups in total. The Morgan fingerprint density at radius 3 is 1.78 bits per heavy atom. The largest absolute Gasteiger partial charge is 0.507 e. The average molecular weight is 1080 g/mol. The summed E-state index contributed by atoms with van der Waals surface area (Å²) >= 11 is 0. The smallest absolute Gasteiger partial charge is 0.148 e. The van der Waals surface area contributed by atoms with Crippen LogP contribution in [0.2, 0.25) is 0 Å². The van der Waals surface area contributed by atoms with Gasteiger partial charge in [0.15, 0.2) is 0 Å². The van der Waals surface area contributed by atoms with Crippen LogP contribution in [0.25, 0.3) is 83.9 Å². The summed E-state index contributed by atoms with van der Waals surface area (Å²) in [7, 11) is 0. The summed E-state index contributed by atoms with van der Waals surface area (Å²) in [5, 5.41) is 12.3. The van der Waals surface area contributed by atoms with E-state index in [1.54, 1.807) is 0 Å². The van der Waals surface area contributed by atoms with E-state index in [0.29, 0.717) is 11.4 Å². The molecule has 346 valence electrons. The molecule has 0 unspecified atom stereocenters. The molecule has 0 aliphatic rings. The van der Waals surface area contributed by atoms with Gasteiger partial charge in [0.05, 0.1) is 16.6 Å². The number of fused-ring (bicyclic) bond motifs is 1. The van der Waals surface area contributed by atoms with E-state index in [2.05, 4.69) is 148 Å². The van der Waals surface area contributed by atoms with Crippen LogP contribution < -0.4 is 0 Å². The van der Waals surface area contributed by atoms with Crippen LogP contribution >= 0.6 is 0 Å². The molecule has 9 rings (SSSR count). The first-order valence-corrected chi connectivity index (χ1v) is 23.5. The summed E-state index contributed by atoms with van der Waals surface area (Å²) in [4.78, 5) is 10.5. The molecule has 0 aliphatic carbocycles. The van der Waals surface area contributed by atoms with Crippen molar-refractivity contribution >= 4 is 11.0 Å². The average Bonchev–Trinajstić information content (AvgIpc) is 3.73. The minimum absolute atomic E-state index is 0. The van der Waals surface area contributed by atoms with Gasteiger partial charge in [-0.1, -0.05) is 195 Å². The van der Waals surface area contributed by atoms with Crippen LogP contribution in [0.5, 0.6) is 5.75 Å². The molecule has 0 saturated carbocycles. The first-order chi connectivity index (χ1) is 33.2. The minimum Gasteiger partial charge on any atom is -0.507 e. The second-order valence-electron chi connectivity index (χ2n) is 19.1. The van der Waals surface area contributed by atoms with E-state index >= 15 is 0 Å². The third-order valence-electron chi connectivity index (χ3n) is 13.0. The van der Waals surface area contributed by atoms with Crippen molar-refractivity contribution in [2.24, 2.45) is 0 Å². The molecule has 2 aromatic heterocycles. The monoisotopic (exact) mass is 1070 g/mol. The quantitative estimate of drug-likeness (QED) is 0.124. The van der Waals surface area contributed by atoms with E-state index in [1.807, 2.05) is 90.2 Å². The van der Waals surface area contributed by atoms with Crippen LogP contribution in [-0.4, -0.2) is 19.6 Å². The van der Waals surface area contributed by atoms with Crippen LogP contribution in [0.1, 0.15) is 131 Å². The number of phenolic OH excluding ortho intramolecular Hbond substituents is 1. The number of aromatic nitrogens is 3. The van der Waals surface area contributed by atoms with Gasteiger partial charge in [-0.3, -0.25) is 9.55 Å². The topological polar surface area (TPSA) is 50.9 Å². The molecule has 2 heterocycles. The zero-order chi connectivity index (χ0) is 49.9. The van der Waals surface area contributed by atoms with Gasteiger partial charge in [0.2, 0.25) is 0 Å². The Bertz CT molecular complexity index is 3340. The minimum atomic E-state index is -0.896. The fourth-order valence-electron chi connectivity index (χ4n) is 9.26. The summed E-state index contributed by atoms with van der Waals surface area (Å²) in [6.07, 6.45) is 1.85. The molecule has 68 heavy (non-hydrogen) atoms. The van der Waals surface area contributed by atoms with Crippen LogP contribution in [0.3, 0.4) is 0 Å². The number of para-hydroxylation sites is 1. The number of benzene rings is 7. The van der Waals surface area contributed by atoms with Crippen LogP contribution in [-0.2, 0) is 21.1 Å². The predicted octanol–water partition coefficient (Wildman–Crippen LogP) is 17.5. The Kier molecular flexibility index (Phi) is 13.0. The van der Waals surface area contributed by atoms with Crippen LogP contribution in [0.4, 0.5) is 0 Å². The molecular formula is C63H62N3OPt-. The number of phenols is 1. The fraction of sp³-hybridized carbons (Fsp3) is 0.238. The second kappa shape index (κ2) is 20.1. The van der Waals surface area contributed by atoms with E-state index in [4.69, 9.17) is 14.1 Å². The SMILES string of the molecule is [2H]C(C)(C)c1ccc(-c2ccnc(-c3[c-]c(-c4cccc5c4nc(-c4cc(C(C)C)cc(C(C)C)c4O)n5-c4ccc(-c5c(C([2H])(C)C)cccc5C([2H])(C)C)cc4)cc(-c4ccccc4)c3)c2)cc1.[Pt]. The van der Waals surface area contributed by atoms with Gasteiger partial charge in [-0.25, -0.2) is 4.98 Å². The molecule has 0 spiro atoms. The number of pyridine rings is 1. The zero-order valence-electron chi connectivity index (χ0n) is 43.8. The third kappa shape index (κ3) is 9.41. The van der Waals surface area contributed by atoms with Crippen molar-refractivity contribution in [3.05, 3.63) is 192 Å². The molecule has 0 amide bonds. The van der Waals surface area contributed by atoms with E-state index < -0.39 is 17.7 Å². The normalized spacial score (nSPS) is 12.8. The van der Waals surface area contributed by atoms with Crippen molar-refractivity contribution in [3.63, 3.8) is 0 Å². The summed E-state index contributed by atoms with van der Waals surface area (Å²) in [6.45, 7) is 20.0. The summed E-state index contributed by atoms with van der Waals surface area (Å²) in [6, 6.07) is 55.7. The van der Waals surface area contributed by atoms with Crippen molar-refractivity contribution < 1.29 is 30.3 Å². The molecule has 5 heteroatoms. The number of hydrogen-bond acceptors (Lipinski definition) is 3. The molecule has 7 aromatic carbocycles. The first kappa shape index (κ1) is 44.2. The number of hydrogen-bond donors (Lipinski definition) is 1. The van der Waals surface area contributed by atoms with E-state index in [1.165, 1.54) is 0 Å². The van der Waals surface area contributed by atoms with E-state index in [-0.39, 0.29) is 38.7 Å². The van der Waals surface area contributed by atoms with Gasteiger partial charge in [-0.2, -0.15) is 0 Å². The Labute approximate surface area is 422 Å². The zero-order valence-corrected chi connectivity index (χ0v) is 43.0. The van der Waals surface area contributed by atoms with Gasteiger partial charge in [0.25, 0.3) is 0 Å². The van der Waals surface area contributed by atoms with Crippen LogP contribution in [0, 0.1) is 6.07 Å². The molecule has 0 bridgehead atoms. The molecule has 0 radical (unpaired) electrons. The van der Waals surface area contributed by atoms with E-state index in [9.17, 15) is 5.11 Å². The number of aromatic hydroxyl groups is 1. The van der Waals surface area contributed by atoms with Crippen molar-refractivity contribution in [1.82, 2.24) is 14.5 Å². The summed E-state index contributed by atoms with van der Waals surface area (Å²) in [5.41, 5.74) is 17.1. The number of rotatable bonds is 12. The van der Waals surface area contributed by atoms with Gasteiger partial charge in [0.1, 0.15) is 11.6 Å². The Balaban J connectivity index is 0.00000676. The molecule has 0 saturated heterocycles. The summed E-state index contributed by atoms with van der Waals surface area (Å²) < 4.78 is 28.9. The molecule has 4 nitrogen and oxygen atoms in total. The van der Waals surface area contributed by atoms with E-state index in [0.717, 1.165) is 100 Å². The fourth-order valence-corrected chi connectivity index (χ4v) is 9.26. The van der Waals surface area contributed by atoms with Crippen molar-refractivity contribution in [2.45, 2.75) is 98.8 Å². The van der Waals surface area contributed by atoms with Crippen molar-refractivity contribution in [2.75, 3.05) is 0 Å². The van der Waals surface area contributed by atoms with Crippen molar-refractivity contribution in [1.29, 1.82) is 0 Å². The summed E-state index contributed by atoms with van der Waals surface area (Å²) in [5.74, 6) is -1.38. The van der Waals surface area contributed by atoms with Gasteiger partial charge in [0, 0.05) is 42.8 Å². The molecule has 0 aliphatic heterocycles. The Hall–Kier alpha value is -6.35. The Morgan fingerprint density at radius 2 is 1.15 bits per heavy atom. The standard InChI is InChI=1S/C63H62N3O.Pt/c1-38(2)43-22-24-45(25-23-43)47-30-31-64-58(37-47)51-33-49(44-16-12-11-13-17-44)32-50(34-51)55-20-15-21-59-61(55)65-63(57-36-48(39(3)4)35-56(42(9)10)62(57)67)66(59)52-28-26-46(27-29-52)60-53(40(5)6)18-14-19-54(60)41(7)8;/h11-33,35-42,67H,1-10H3;/q-1;/i38D,40D,41D;. The second-order valence-corrected chi connectivity index (χ2v) is 19.1. The van der Waals surface area contributed by atoms with Gasteiger partial charge < -0.3 is 5.11 Å². The Morgan fingerprint density at radius 1 is 0.515 bits per heavy atom. The van der Waals surface area contributed by atoms with Crippen LogP contribution in [0.15, 0.2) is 158 Å². The number of imidazole rings is 1. The maximum atomic E-state index is 12.3. The molecular weight excluding hydrogens is 1010 g/mol. The maximum Gasteiger partial charge on any atom is 0.148 e.